The van der Waals surface area contributed by atoms with Crippen molar-refractivity contribution in [1.29, 1.82) is 0 Å². The molecular weight excluding hydrogens is 272 g/mol. The molecular formula is C19H24N2O. The first-order valence-electron chi connectivity index (χ1n) is 8.29. The van der Waals surface area contributed by atoms with Crippen LogP contribution >= 0.6 is 0 Å². The fourth-order valence-corrected chi connectivity index (χ4v) is 3.92. The summed E-state index contributed by atoms with van der Waals surface area (Å²) in [6.45, 7) is 8.81. The van der Waals surface area contributed by atoms with Crippen LogP contribution in [0.25, 0.3) is 10.8 Å². The molecule has 3 heteroatoms. The van der Waals surface area contributed by atoms with E-state index in [1.165, 1.54) is 16.3 Å². The maximum Gasteiger partial charge on any atom is 0.125 e. The molecule has 0 bridgehead atoms. The lowest BCUT2D eigenvalue weighted by atomic mass is 9.85. The summed E-state index contributed by atoms with van der Waals surface area (Å²) in [5.74, 6) is 1.07. The smallest absolute Gasteiger partial charge is 0.125 e. The third-order valence-electron chi connectivity index (χ3n) is 4.93. The number of hydrogen-bond donors (Lipinski definition) is 1. The summed E-state index contributed by atoms with van der Waals surface area (Å²) < 4.78 is 6.31. The summed E-state index contributed by atoms with van der Waals surface area (Å²) in [5, 5.41) is 6.12. The maximum atomic E-state index is 6.31. The van der Waals surface area contributed by atoms with Crippen molar-refractivity contribution in [3.63, 3.8) is 0 Å². The number of benzene rings is 2. The first kappa shape index (κ1) is 14.0. The van der Waals surface area contributed by atoms with Gasteiger partial charge in [-0.1, -0.05) is 30.3 Å². The van der Waals surface area contributed by atoms with Gasteiger partial charge in [0.15, 0.2) is 0 Å². The highest BCUT2D eigenvalue weighted by Crippen LogP contribution is 2.45. The summed E-state index contributed by atoms with van der Waals surface area (Å²) in [5.41, 5.74) is 1.28. The Bertz CT molecular complexity index is 689. The van der Waals surface area contributed by atoms with E-state index >= 15 is 0 Å². The number of rotatable bonds is 1. The summed E-state index contributed by atoms with van der Waals surface area (Å²) in [4.78, 5) is 2.63. The molecule has 0 radical (unpaired) electrons. The van der Waals surface area contributed by atoms with Crippen molar-refractivity contribution in [3.8, 4) is 5.75 Å². The first-order chi connectivity index (χ1) is 10.6. The normalized spacial score (nSPS) is 24.7. The Balaban J connectivity index is 1.87. The van der Waals surface area contributed by atoms with Crippen molar-refractivity contribution in [2.45, 2.75) is 31.9 Å². The van der Waals surface area contributed by atoms with Crippen molar-refractivity contribution in [1.82, 2.24) is 10.2 Å². The fraction of sp³-hybridized carbons (Fsp3) is 0.474. The standard InChI is InChI=1S/C19H24N2O/c1-19(2)13-16(21-11-9-20-10-12-21)18-15-6-4-3-5-14(15)7-8-17(18)22-19/h3-8,16,20H,9-13H2,1-2H3. The van der Waals surface area contributed by atoms with Gasteiger partial charge in [0.2, 0.25) is 0 Å². The number of fused-ring (bicyclic) bond motifs is 3. The first-order valence-corrected chi connectivity index (χ1v) is 8.29. The lowest BCUT2D eigenvalue weighted by molar-refractivity contribution is 0.0269. The average molecular weight is 296 g/mol. The molecule has 4 rings (SSSR count). The van der Waals surface area contributed by atoms with Crippen LogP contribution in [0.4, 0.5) is 0 Å². The van der Waals surface area contributed by atoms with Gasteiger partial charge in [0.1, 0.15) is 11.4 Å². The highest BCUT2D eigenvalue weighted by Gasteiger charge is 2.38. The molecule has 3 nitrogen and oxygen atoms in total. The summed E-state index contributed by atoms with van der Waals surface area (Å²) in [7, 11) is 0. The highest BCUT2D eigenvalue weighted by molar-refractivity contribution is 5.88. The van der Waals surface area contributed by atoms with Crippen LogP contribution in [0.3, 0.4) is 0 Å². The van der Waals surface area contributed by atoms with E-state index in [1.807, 2.05) is 0 Å². The average Bonchev–Trinajstić information content (AvgIpc) is 2.53. The summed E-state index contributed by atoms with van der Waals surface area (Å²) >= 11 is 0. The molecule has 1 saturated heterocycles. The molecule has 116 valence electrons. The molecule has 0 spiro atoms. The van der Waals surface area contributed by atoms with Crippen molar-refractivity contribution < 1.29 is 4.74 Å². The van der Waals surface area contributed by atoms with Crippen LogP contribution < -0.4 is 10.1 Å². The lowest BCUT2D eigenvalue weighted by Gasteiger charge is -2.44. The van der Waals surface area contributed by atoms with Gasteiger partial charge in [0.05, 0.1) is 0 Å². The van der Waals surface area contributed by atoms with E-state index < -0.39 is 0 Å². The largest absolute Gasteiger partial charge is 0.487 e. The van der Waals surface area contributed by atoms with Crippen LogP contribution in [-0.4, -0.2) is 36.7 Å². The topological polar surface area (TPSA) is 24.5 Å². The van der Waals surface area contributed by atoms with E-state index in [-0.39, 0.29) is 5.60 Å². The highest BCUT2D eigenvalue weighted by atomic mass is 16.5. The monoisotopic (exact) mass is 296 g/mol. The van der Waals surface area contributed by atoms with Gasteiger partial charge in [-0.2, -0.15) is 0 Å². The number of nitrogens with zero attached hydrogens (tertiary/aromatic N) is 1. The second kappa shape index (κ2) is 5.25. The van der Waals surface area contributed by atoms with Gasteiger partial charge >= 0.3 is 0 Å². The minimum atomic E-state index is -0.106. The summed E-state index contributed by atoms with van der Waals surface area (Å²) in [6, 6.07) is 13.5. The zero-order valence-corrected chi connectivity index (χ0v) is 13.4. The predicted octanol–water partition coefficient (Wildman–Crippen LogP) is 3.35. The Morgan fingerprint density at radius 1 is 1.09 bits per heavy atom. The Morgan fingerprint density at radius 2 is 1.86 bits per heavy atom. The van der Waals surface area contributed by atoms with E-state index in [9.17, 15) is 0 Å². The molecule has 1 fully saturated rings. The second-order valence-corrected chi connectivity index (χ2v) is 7.07. The molecule has 22 heavy (non-hydrogen) atoms. The molecule has 1 N–H and O–H groups in total. The fourth-order valence-electron chi connectivity index (χ4n) is 3.92. The maximum absolute atomic E-state index is 6.31. The third-order valence-corrected chi connectivity index (χ3v) is 4.93. The van der Waals surface area contributed by atoms with E-state index in [0.29, 0.717) is 6.04 Å². The molecule has 1 atom stereocenters. The zero-order valence-electron chi connectivity index (χ0n) is 13.4. The van der Waals surface area contributed by atoms with Crippen LogP contribution in [0.5, 0.6) is 5.75 Å². The van der Waals surface area contributed by atoms with Crippen molar-refractivity contribution >= 4 is 10.8 Å². The van der Waals surface area contributed by atoms with Crippen molar-refractivity contribution in [2.24, 2.45) is 0 Å². The van der Waals surface area contributed by atoms with Gasteiger partial charge in [-0.15, -0.1) is 0 Å². The van der Waals surface area contributed by atoms with Gasteiger partial charge in [0, 0.05) is 44.2 Å². The Labute approximate surface area is 132 Å². The number of nitrogens with one attached hydrogen (secondary N) is 1. The Hall–Kier alpha value is -1.58. The van der Waals surface area contributed by atoms with Gasteiger partial charge in [0.25, 0.3) is 0 Å². The molecule has 0 aromatic heterocycles. The third kappa shape index (κ3) is 2.38. The van der Waals surface area contributed by atoms with E-state index in [4.69, 9.17) is 4.74 Å². The van der Waals surface area contributed by atoms with Crippen molar-refractivity contribution in [3.05, 3.63) is 42.0 Å². The van der Waals surface area contributed by atoms with Crippen LogP contribution in [-0.2, 0) is 0 Å². The van der Waals surface area contributed by atoms with Crippen molar-refractivity contribution in [2.75, 3.05) is 26.2 Å². The Morgan fingerprint density at radius 3 is 2.68 bits per heavy atom. The number of hydrogen-bond acceptors (Lipinski definition) is 3. The molecule has 2 aliphatic rings. The van der Waals surface area contributed by atoms with E-state index in [2.05, 4.69) is 60.5 Å². The van der Waals surface area contributed by atoms with Crippen LogP contribution in [0, 0.1) is 0 Å². The minimum Gasteiger partial charge on any atom is -0.487 e. The van der Waals surface area contributed by atoms with Gasteiger partial charge in [-0.25, -0.2) is 0 Å². The van der Waals surface area contributed by atoms with Crippen LogP contribution in [0.15, 0.2) is 36.4 Å². The van der Waals surface area contributed by atoms with Gasteiger partial charge < -0.3 is 10.1 Å². The molecule has 2 aromatic rings. The van der Waals surface area contributed by atoms with Gasteiger partial charge in [-0.05, 0) is 30.7 Å². The molecule has 0 saturated carbocycles. The molecule has 0 amide bonds. The second-order valence-electron chi connectivity index (χ2n) is 7.07. The molecule has 1 unspecified atom stereocenters. The quantitative estimate of drug-likeness (QED) is 0.873. The minimum absolute atomic E-state index is 0.106. The number of ether oxygens (including phenoxy) is 1. The van der Waals surface area contributed by atoms with E-state index in [1.54, 1.807) is 0 Å². The molecule has 2 aromatic carbocycles. The molecule has 2 heterocycles. The SMILES string of the molecule is CC1(C)CC(N2CCNCC2)c2c(ccc3ccccc23)O1. The molecule has 0 aliphatic carbocycles. The lowest BCUT2D eigenvalue weighted by Crippen LogP contribution is -2.48. The summed E-state index contributed by atoms with van der Waals surface area (Å²) in [6.07, 6.45) is 1.05. The van der Waals surface area contributed by atoms with Crippen LogP contribution in [0.2, 0.25) is 0 Å². The van der Waals surface area contributed by atoms with Crippen LogP contribution in [0.1, 0.15) is 31.9 Å². The molecule has 2 aliphatic heterocycles. The van der Waals surface area contributed by atoms with Gasteiger partial charge in [-0.3, -0.25) is 4.90 Å². The Kier molecular flexibility index (Phi) is 3.35. The van der Waals surface area contributed by atoms with E-state index in [0.717, 1.165) is 38.3 Å². The number of piperazine rings is 1. The predicted molar refractivity (Wildman–Crippen MR) is 90.5 cm³/mol. The zero-order chi connectivity index (χ0) is 15.2.